The number of amides is 2. The molecular weight excluding hydrogens is 348 g/mol. The lowest BCUT2D eigenvalue weighted by Crippen LogP contribution is -2.39. The van der Waals surface area contributed by atoms with Gasteiger partial charge in [-0.15, -0.1) is 0 Å². The minimum absolute atomic E-state index is 0.131. The van der Waals surface area contributed by atoms with Gasteiger partial charge < -0.3 is 23.7 Å². The molecule has 1 atom stereocenters. The van der Waals surface area contributed by atoms with Crippen molar-refractivity contribution in [3.63, 3.8) is 0 Å². The van der Waals surface area contributed by atoms with Crippen molar-refractivity contribution < 1.29 is 23.5 Å². The second kappa shape index (κ2) is 6.64. The maximum absolute atomic E-state index is 12.9. The van der Waals surface area contributed by atoms with Gasteiger partial charge in [0.1, 0.15) is 12.4 Å². The summed E-state index contributed by atoms with van der Waals surface area (Å²) in [6.07, 6.45) is 1.80. The summed E-state index contributed by atoms with van der Waals surface area (Å²) in [7, 11) is 1.71. The van der Waals surface area contributed by atoms with Crippen LogP contribution >= 0.6 is 0 Å². The van der Waals surface area contributed by atoms with E-state index in [-0.39, 0.29) is 18.6 Å². The zero-order valence-electron chi connectivity index (χ0n) is 15.4. The Morgan fingerprint density at radius 1 is 1.22 bits per heavy atom. The summed E-state index contributed by atoms with van der Waals surface area (Å²) < 4.78 is 16.7. The first kappa shape index (κ1) is 17.5. The van der Waals surface area contributed by atoms with Crippen LogP contribution in [0.15, 0.2) is 41.0 Å². The van der Waals surface area contributed by atoms with Gasteiger partial charge in [0, 0.05) is 20.0 Å². The van der Waals surface area contributed by atoms with Crippen LogP contribution < -0.4 is 4.74 Å². The number of furan rings is 1. The predicted molar refractivity (Wildman–Crippen MR) is 96.6 cm³/mol. The van der Waals surface area contributed by atoms with Gasteiger partial charge in [0.15, 0.2) is 11.4 Å². The Labute approximate surface area is 157 Å². The van der Waals surface area contributed by atoms with Crippen LogP contribution in [-0.2, 0) is 11.3 Å². The molecule has 0 radical (unpaired) electrons. The fourth-order valence-electron chi connectivity index (χ4n) is 3.62. The second-order valence-corrected chi connectivity index (χ2v) is 7.24. The Balaban J connectivity index is 1.42. The number of benzene rings is 1. The van der Waals surface area contributed by atoms with Crippen LogP contribution in [0, 0.1) is 6.92 Å². The molecular formula is C20H22N2O5. The summed E-state index contributed by atoms with van der Waals surface area (Å²) in [4.78, 5) is 27.9. The van der Waals surface area contributed by atoms with Crippen molar-refractivity contribution in [3.05, 3.63) is 53.5 Å². The van der Waals surface area contributed by atoms with Crippen LogP contribution in [0.5, 0.6) is 5.75 Å². The number of carbonyl (C=O) groups is 2. The van der Waals surface area contributed by atoms with E-state index in [0.29, 0.717) is 37.4 Å². The molecule has 1 spiro atoms. The highest BCUT2D eigenvalue weighted by Gasteiger charge is 2.49. The Kier molecular flexibility index (Phi) is 4.30. The minimum atomic E-state index is -0.593. The molecule has 0 aliphatic carbocycles. The monoisotopic (exact) mass is 370 g/mol. The van der Waals surface area contributed by atoms with E-state index in [1.54, 1.807) is 22.9 Å². The lowest BCUT2D eigenvalue weighted by Gasteiger charge is -2.21. The van der Waals surface area contributed by atoms with Gasteiger partial charge in [-0.05, 0) is 25.1 Å². The molecule has 4 rings (SSSR count). The number of ether oxygens (including phenoxy) is 2. The van der Waals surface area contributed by atoms with Crippen molar-refractivity contribution in [2.24, 2.45) is 0 Å². The summed E-state index contributed by atoms with van der Waals surface area (Å²) in [6, 6.07) is 9.36. The molecule has 7 nitrogen and oxygen atoms in total. The number of aryl methyl sites for hydroxylation is 1. The molecule has 2 fully saturated rings. The minimum Gasteiger partial charge on any atom is -0.486 e. The van der Waals surface area contributed by atoms with Gasteiger partial charge in [0.2, 0.25) is 0 Å². The van der Waals surface area contributed by atoms with Crippen LogP contribution in [0.1, 0.15) is 28.1 Å². The van der Waals surface area contributed by atoms with Gasteiger partial charge in [-0.3, -0.25) is 4.79 Å². The van der Waals surface area contributed by atoms with E-state index in [9.17, 15) is 9.59 Å². The largest absolute Gasteiger partial charge is 0.486 e. The summed E-state index contributed by atoms with van der Waals surface area (Å²) in [5.74, 6) is 1.08. The summed E-state index contributed by atoms with van der Waals surface area (Å²) in [6.45, 7) is 3.63. The van der Waals surface area contributed by atoms with Crippen LogP contribution in [0.2, 0.25) is 0 Å². The van der Waals surface area contributed by atoms with Crippen molar-refractivity contribution in [2.45, 2.75) is 25.6 Å². The smallest absolute Gasteiger partial charge is 0.410 e. The zero-order chi connectivity index (χ0) is 19.0. The fourth-order valence-corrected chi connectivity index (χ4v) is 3.62. The highest BCUT2D eigenvalue weighted by molar-refractivity contribution is 5.95. The molecule has 142 valence electrons. The molecule has 1 aromatic carbocycles. The van der Waals surface area contributed by atoms with Crippen LogP contribution in [0.3, 0.4) is 0 Å². The molecule has 2 aromatic rings. The molecule has 0 bridgehead atoms. The van der Waals surface area contributed by atoms with Gasteiger partial charge in [-0.1, -0.05) is 17.7 Å². The standard InChI is InChI=1S/C20H22N2O5/c1-14-3-5-15(6-4-14)26-11-17-16(7-10-25-17)18(23)22-9-8-20(13-22)12-21(2)19(24)27-20/h3-7,10H,8-9,11-13H2,1-2H3. The number of rotatable bonds is 4. The average molecular weight is 370 g/mol. The van der Waals surface area contributed by atoms with E-state index in [4.69, 9.17) is 13.9 Å². The first-order valence-corrected chi connectivity index (χ1v) is 8.95. The Bertz CT molecular complexity index is 860. The third-order valence-corrected chi connectivity index (χ3v) is 5.11. The topological polar surface area (TPSA) is 72.2 Å². The van der Waals surface area contributed by atoms with Crippen molar-refractivity contribution >= 4 is 12.0 Å². The normalized spacial score (nSPS) is 21.8. The third kappa shape index (κ3) is 3.37. The van der Waals surface area contributed by atoms with Crippen molar-refractivity contribution in [2.75, 3.05) is 26.7 Å². The predicted octanol–water partition coefficient (Wildman–Crippen LogP) is 2.83. The molecule has 1 unspecified atom stereocenters. The lowest BCUT2D eigenvalue weighted by molar-refractivity contribution is 0.0551. The second-order valence-electron chi connectivity index (χ2n) is 7.24. The first-order valence-electron chi connectivity index (χ1n) is 8.95. The number of hydrogen-bond acceptors (Lipinski definition) is 5. The lowest BCUT2D eigenvalue weighted by atomic mass is 10.0. The number of likely N-dealkylation sites (tertiary alicyclic amines) is 1. The zero-order valence-corrected chi connectivity index (χ0v) is 15.4. The van der Waals surface area contributed by atoms with E-state index in [0.717, 1.165) is 11.3 Å². The van der Waals surface area contributed by atoms with E-state index in [1.165, 1.54) is 6.26 Å². The fraction of sp³-hybridized carbons (Fsp3) is 0.400. The molecule has 27 heavy (non-hydrogen) atoms. The number of carbonyl (C=O) groups excluding carboxylic acids is 2. The molecule has 1 aromatic heterocycles. The number of likely N-dealkylation sites (N-methyl/N-ethyl adjacent to an activating group) is 1. The van der Waals surface area contributed by atoms with Gasteiger partial charge in [-0.25, -0.2) is 4.79 Å². The van der Waals surface area contributed by atoms with Crippen LogP contribution in [0.25, 0.3) is 0 Å². The summed E-state index contributed by atoms with van der Waals surface area (Å²) in [5, 5.41) is 0. The highest BCUT2D eigenvalue weighted by Crippen LogP contribution is 2.33. The Morgan fingerprint density at radius 3 is 2.70 bits per heavy atom. The number of hydrogen-bond donors (Lipinski definition) is 0. The van der Waals surface area contributed by atoms with Crippen molar-refractivity contribution in [1.82, 2.24) is 9.80 Å². The van der Waals surface area contributed by atoms with E-state index >= 15 is 0 Å². The number of nitrogens with zero attached hydrogens (tertiary/aromatic N) is 2. The molecule has 2 saturated heterocycles. The van der Waals surface area contributed by atoms with E-state index in [1.807, 2.05) is 31.2 Å². The van der Waals surface area contributed by atoms with Crippen molar-refractivity contribution in [3.8, 4) is 5.75 Å². The molecule has 0 saturated carbocycles. The SMILES string of the molecule is Cc1ccc(OCc2occc2C(=O)N2CCC3(CN(C)C(=O)O3)C2)cc1. The van der Waals surface area contributed by atoms with Crippen LogP contribution in [-0.4, -0.2) is 54.1 Å². The maximum atomic E-state index is 12.9. The summed E-state index contributed by atoms with van der Waals surface area (Å²) in [5.41, 5.74) is 1.04. The molecule has 2 aliphatic rings. The third-order valence-electron chi connectivity index (χ3n) is 5.11. The van der Waals surface area contributed by atoms with Crippen molar-refractivity contribution in [1.29, 1.82) is 0 Å². The van der Waals surface area contributed by atoms with Gasteiger partial charge in [-0.2, -0.15) is 0 Å². The quantitative estimate of drug-likeness (QED) is 0.828. The van der Waals surface area contributed by atoms with Crippen LogP contribution in [0.4, 0.5) is 4.79 Å². The first-order chi connectivity index (χ1) is 13.0. The summed E-state index contributed by atoms with van der Waals surface area (Å²) >= 11 is 0. The van der Waals surface area contributed by atoms with Gasteiger partial charge in [0.05, 0.1) is 24.9 Å². The maximum Gasteiger partial charge on any atom is 0.410 e. The molecule has 2 amide bonds. The average Bonchev–Trinajstić information content (AvgIpc) is 3.34. The Hall–Kier alpha value is -2.96. The van der Waals surface area contributed by atoms with E-state index in [2.05, 4.69) is 0 Å². The Morgan fingerprint density at radius 2 is 2.00 bits per heavy atom. The molecule has 2 aliphatic heterocycles. The van der Waals surface area contributed by atoms with Gasteiger partial charge >= 0.3 is 6.09 Å². The highest BCUT2D eigenvalue weighted by atomic mass is 16.6. The van der Waals surface area contributed by atoms with Gasteiger partial charge in [0.25, 0.3) is 5.91 Å². The molecule has 7 heteroatoms. The van der Waals surface area contributed by atoms with E-state index < -0.39 is 5.60 Å². The molecule has 0 N–H and O–H groups in total. The molecule has 3 heterocycles.